The summed E-state index contributed by atoms with van der Waals surface area (Å²) in [7, 11) is 1.41. The van der Waals surface area contributed by atoms with Crippen molar-refractivity contribution in [1.82, 2.24) is 0 Å². The second-order valence-electron chi connectivity index (χ2n) is 3.73. The Morgan fingerprint density at radius 3 is 2.84 bits per heavy atom. The van der Waals surface area contributed by atoms with Gasteiger partial charge in [0.15, 0.2) is 5.75 Å². The Kier molecular flexibility index (Phi) is 4.24. The van der Waals surface area contributed by atoms with Crippen LogP contribution in [0.2, 0.25) is 5.02 Å². The molecule has 19 heavy (non-hydrogen) atoms. The molecule has 5 nitrogen and oxygen atoms in total. The highest BCUT2D eigenvalue weighted by Gasteiger charge is 2.15. The molecular weight excluding hydrogens is 288 g/mol. The van der Waals surface area contributed by atoms with Gasteiger partial charge in [-0.3, -0.25) is 10.1 Å². The molecule has 0 spiro atoms. The van der Waals surface area contributed by atoms with Crippen LogP contribution >= 0.6 is 22.9 Å². The number of methoxy groups -OCH3 is 1. The molecule has 0 saturated heterocycles. The molecule has 0 bridgehead atoms. The van der Waals surface area contributed by atoms with E-state index in [1.807, 2.05) is 11.4 Å². The maximum absolute atomic E-state index is 10.9. The van der Waals surface area contributed by atoms with Gasteiger partial charge in [-0.2, -0.15) is 0 Å². The van der Waals surface area contributed by atoms with Gasteiger partial charge in [0.1, 0.15) is 0 Å². The molecule has 0 unspecified atom stereocenters. The van der Waals surface area contributed by atoms with Crippen molar-refractivity contribution in [3.63, 3.8) is 0 Å². The quantitative estimate of drug-likeness (QED) is 0.671. The number of rotatable bonds is 5. The molecule has 0 amide bonds. The fourth-order valence-electron chi connectivity index (χ4n) is 1.58. The molecule has 0 saturated carbocycles. The molecule has 2 aromatic rings. The fraction of sp³-hybridized carbons (Fsp3) is 0.167. The summed E-state index contributed by atoms with van der Waals surface area (Å²) >= 11 is 7.36. The summed E-state index contributed by atoms with van der Waals surface area (Å²) in [6, 6.07) is 6.62. The first-order chi connectivity index (χ1) is 9.10. The van der Waals surface area contributed by atoms with Gasteiger partial charge in [-0.15, -0.1) is 11.3 Å². The van der Waals surface area contributed by atoms with Crippen LogP contribution in [-0.4, -0.2) is 12.0 Å². The number of nitro benzene ring substituents is 1. The molecule has 0 radical (unpaired) electrons. The lowest BCUT2D eigenvalue weighted by Gasteiger charge is -2.07. The molecule has 2 rings (SSSR count). The number of nitrogens with one attached hydrogen (secondary N) is 1. The van der Waals surface area contributed by atoms with E-state index in [4.69, 9.17) is 16.3 Å². The van der Waals surface area contributed by atoms with E-state index in [0.29, 0.717) is 17.3 Å². The van der Waals surface area contributed by atoms with Crippen molar-refractivity contribution in [2.45, 2.75) is 6.54 Å². The monoisotopic (exact) mass is 298 g/mol. The van der Waals surface area contributed by atoms with E-state index in [9.17, 15) is 10.1 Å². The summed E-state index contributed by atoms with van der Waals surface area (Å²) in [5.74, 6) is 0.245. The van der Waals surface area contributed by atoms with Crippen LogP contribution in [0.4, 0.5) is 11.4 Å². The summed E-state index contributed by atoms with van der Waals surface area (Å²) in [5.41, 5.74) is 0.605. The fourth-order valence-corrected chi connectivity index (χ4v) is 2.59. The number of nitrogens with zero attached hydrogens (tertiary/aromatic N) is 1. The molecule has 0 atom stereocenters. The summed E-state index contributed by atoms with van der Waals surface area (Å²) in [5, 5.41) is 16.5. The number of halogens is 1. The van der Waals surface area contributed by atoms with Gasteiger partial charge in [0.25, 0.3) is 0 Å². The minimum Gasteiger partial charge on any atom is -0.490 e. The van der Waals surface area contributed by atoms with Crippen molar-refractivity contribution in [1.29, 1.82) is 0 Å². The van der Waals surface area contributed by atoms with Gasteiger partial charge in [0.2, 0.25) is 0 Å². The Bertz CT molecular complexity index is 600. The average Bonchev–Trinajstić information content (AvgIpc) is 2.81. The predicted molar refractivity (Wildman–Crippen MR) is 76.3 cm³/mol. The molecule has 1 aromatic carbocycles. The van der Waals surface area contributed by atoms with E-state index < -0.39 is 4.92 Å². The summed E-state index contributed by atoms with van der Waals surface area (Å²) < 4.78 is 4.94. The molecular formula is C12H11ClN2O3S. The van der Waals surface area contributed by atoms with Gasteiger partial charge in [0, 0.05) is 28.6 Å². The van der Waals surface area contributed by atoms with E-state index in [-0.39, 0.29) is 11.4 Å². The van der Waals surface area contributed by atoms with E-state index >= 15 is 0 Å². The second-order valence-corrected chi connectivity index (χ2v) is 5.16. The van der Waals surface area contributed by atoms with Gasteiger partial charge in [-0.25, -0.2) is 0 Å². The van der Waals surface area contributed by atoms with Crippen LogP contribution < -0.4 is 10.1 Å². The second kappa shape index (κ2) is 5.90. The Labute approximate surface area is 118 Å². The van der Waals surface area contributed by atoms with Gasteiger partial charge >= 0.3 is 5.69 Å². The van der Waals surface area contributed by atoms with Crippen molar-refractivity contribution in [3.05, 3.63) is 49.7 Å². The average molecular weight is 299 g/mol. The van der Waals surface area contributed by atoms with Crippen LogP contribution in [0.25, 0.3) is 0 Å². The van der Waals surface area contributed by atoms with Crippen molar-refractivity contribution in [2.24, 2.45) is 0 Å². The smallest absolute Gasteiger partial charge is 0.312 e. The van der Waals surface area contributed by atoms with E-state index in [1.54, 1.807) is 12.1 Å². The zero-order valence-corrected chi connectivity index (χ0v) is 11.6. The Hall–Kier alpha value is -1.79. The van der Waals surface area contributed by atoms with Gasteiger partial charge in [0.05, 0.1) is 17.1 Å². The normalized spacial score (nSPS) is 10.2. The van der Waals surface area contributed by atoms with Crippen LogP contribution in [-0.2, 0) is 6.54 Å². The molecule has 1 aromatic heterocycles. The van der Waals surface area contributed by atoms with Gasteiger partial charge < -0.3 is 10.1 Å². The summed E-state index contributed by atoms with van der Waals surface area (Å²) in [6.07, 6.45) is 0. The standard InChI is InChI=1S/C12H11ClN2O3S/c1-18-12-3-2-9(5-11(12)15(16)17)14-6-10-4-8(13)7-19-10/h2-5,7,14H,6H2,1H3. The minimum absolute atomic E-state index is 0.0586. The lowest BCUT2D eigenvalue weighted by Crippen LogP contribution is -1.99. The first-order valence-corrected chi connectivity index (χ1v) is 6.65. The summed E-state index contributed by atoms with van der Waals surface area (Å²) in [6.45, 7) is 0.570. The largest absolute Gasteiger partial charge is 0.490 e. The van der Waals surface area contributed by atoms with Crippen LogP contribution in [0, 0.1) is 10.1 Å². The third-order valence-electron chi connectivity index (χ3n) is 2.46. The van der Waals surface area contributed by atoms with Crippen LogP contribution in [0.3, 0.4) is 0 Å². The molecule has 1 heterocycles. The topological polar surface area (TPSA) is 64.4 Å². The predicted octanol–water partition coefficient (Wildman–Crippen LogP) is 3.93. The number of benzene rings is 1. The highest BCUT2D eigenvalue weighted by Crippen LogP contribution is 2.30. The maximum Gasteiger partial charge on any atom is 0.312 e. The molecule has 1 N–H and O–H groups in total. The number of thiophene rings is 1. The molecule has 100 valence electrons. The molecule has 0 aliphatic heterocycles. The lowest BCUT2D eigenvalue weighted by atomic mass is 10.2. The first-order valence-electron chi connectivity index (χ1n) is 5.39. The molecule has 7 heteroatoms. The van der Waals surface area contributed by atoms with Crippen molar-refractivity contribution >= 4 is 34.3 Å². The molecule has 0 aliphatic carbocycles. The number of ether oxygens (including phenoxy) is 1. The van der Waals surface area contributed by atoms with Crippen LogP contribution in [0.5, 0.6) is 5.75 Å². The minimum atomic E-state index is -0.466. The number of hydrogen-bond donors (Lipinski definition) is 1. The summed E-state index contributed by atoms with van der Waals surface area (Å²) in [4.78, 5) is 11.5. The van der Waals surface area contributed by atoms with Gasteiger partial charge in [-0.1, -0.05) is 11.6 Å². The molecule has 0 aliphatic rings. The zero-order chi connectivity index (χ0) is 13.8. The van der Waals surface area contributed by atoms with Gasteiger partial charge in [-0.05, 0) is 18.2 Å². The number of hydrogen-bond acceptors (Lipinski definition) is 5. The van der Waals surface area contributed by atoms with E-state index in [0.717, 1.165) is 4.88 Å². The Morgan fingerprint density at radius 1 is 1.47 bits per heavy atom. The van der Waals surface area contributed by atoms with Crippen LogP contribution in [0.1, 0.15) is 4.88 Å². The Balaban J connectivity index is 2.12. The SMILES string of the molecule is COc1ccc(NCc2cc(Cl)cs2)cc1[N+](=O)[O-]. The maximum atomic E-state index is 10.9. The van der Waals surface area contributed by atoms with E-state index in [2.05, 4.69) is 5.32 Å². The third-order valence-corrected chi connectivity index (χ3v) is 3.75. The lowest BCUT2D eigenvalue weighted by molar-refractivity contribution is -0.385. The van der Waals surface area contributed by atoms with Crippen molar-refractivity contribution < 1.29 is 9.66 Å². The zero-order valence-electron chi connectivity index (χ0n) is 10.1. The highest BCUT2D eigenvalue weighted by molar-refractivity contribution is 7.10. The van der Waals surface area contributed by atoms with Crippen molar-refractivity contribution in [2.75, 3.05) is 12.4 Å². The first kappa shape index (κ1) is 13.6. The van der Waals surface area contributed by atoms with Crippen molar-refractivity contribution in [3.8, 4) is 5.75 Å². The number of nitro groups is 1. The highest BCUT2D eigenvalue weighted by atomic mass is 35.5. The van der Waals surface area contributed by atoms with Crippen LogP contribution in [0.15, 0.2) is 29.6 Å². The Morgan fingerprint density at radius 2 is 2.26 bits per heavy atom. The third kappa shape index (κ3) is 3.36. The number of anilines is 1. The van der Waals surface area contributed by atoms with E-state index in [1.165, 1.54) is 24.5 Å². The molecule has 0 fully saturated rings.